The zero-order valence-corrected chi connectivity index (χ0v) is 4.07. The molecule has 0 atom stereocenters. The molecule has 0 aromatic rings. The highest BCUT2D eigenvalue weighted by Gasteiger charge is 1.66. The van der Waals surface area contributed by atoms with Crippen molar-refractivity contribution in [3.63, 3.8) is 0 Å². The Morgan fingerprint density at radius 2 is 2.50 bits per heavy atom. The molecule has 0 unspecified atom stereocenters. The van der Waals surface area contributed by atoms with Gasteiger partial charge < -0.3 is 5.73 Å². The molecule has 1 nitrogen and oxygen atoms in total. The highest BCUT2D eigenvalue weighted by molar-refractivity contribution is 4.63. The number of allylic oxidation sites excluding steroid dienone is 1. The Balaban J connectivity index is 2.66. The van der Waals surface area contributed by atoms with Crippen molar-refractivity contribution in [3.8, 4) is 0 Å². The van der Waals surface area contributed by atoms with Crippen LogP contribution in [0.15, 0.2) is 6.20 Å². The minimum atomic E-state index is 0.983. The Bertz CT molecular complexity index is 39.2. The topological polar surface area (TPSA) is 26.0 Å². The molecule has 0 bridgehead atoms. The van der Waals surface area contributed by atoms with Crippen molar-refractivity contribution in [3.05, 3.63) is 12.3 Å². The van der Waals surface area contributed by atoms with Crippen molar-refractivity contribution < 1.29 is 0 Å². The lowest BCUT2D eigenvalue weighted by Gasteiger charge is -1.75. The molecule has 0 aliphatic rings. The van der Waals surface area contributed by atoms with Gasteiger partial charge in [0.15, 0.2) is 0 Å². The molecule has 1 heteroatoms. The smallest absolute Gasteiger partial charge is 0.00264 e. The van der Waals surface area contributed by atoms with E-state index in [9.17, 15) is 0 Å². The maximum atomic E-state index is 4.98. The van der Waals surface area contributed by atoms with E-state index in [0.717, 1.165) is 12.8 Å². The van der Waals surface area contributed by atoms with E-state index in [1.54, 1.807) is 0 Å². The van der Waals surface area contributed by atoms with Gasteiger partial charge in [0.05, 0.1) is 0 Å². The molecular formula is C5H10N. The van der Waals surface area contributed by atoms with E-state index < -0.39 is 0 Å². The predicted molar refractivity (Wildman–Crippen MR) is 26.9 cm³/mol. The Kier molecular flexibility index (Phi) is 4.19. The van der Waals surface area contributed by atoms with E-state index in [-0.39, 0.29) is 0 Å². The van der Waals surface area contributed by atoms with Crippen LogP contribution in [0, 0.1) is 6.08 Å². The van der Waals surface area contributed by atoms with Crippen LogP contribution in [0.3, 0.4) is 0 Å². The van der Waals surface area contributed by atoms with Crippen LogP contribution < -0.4 is 5.73 Å². The molecule has 0 amide bonds. The van der Waals surface area contributed by atoms with Gasteiger partial charge in [0.1, 0.15) is 0 Å². The third-order valence-electron chi connectivity index (χ3n) is 0.512. The largest absolute Gasteiger partial charge is 0.404 e. The molecule has 35 valence electrons. The van der Waals surface area contributed by atoms with Crippen LogP contribution in [0.4, 0.5) is 0 Å². The summed E-state index contributed by atoms with van der Waals surface area (Å²) in [5.74, 6) is 0. The van der Waals surface area contributed by atoms with Gasteiger partial charge in [-0.05, 0) is 18.7 Å². The quantitative estimate of drug-likeness (QED) is 0.532. The Morgan fingerprint density at radius 1 is 1.83 bits per heavy atom. The summed E-state index contributed by atoms with van der Waals surface area (Å²) in [7, 11) is 0. The summed E-state index contributed by atoms with van der Waals surface area (Å²) >= 11 is 0. The molecular weight excluding hydrogens is 74.1 g/mol. The standard InChI is InChI=1S/C5H10N/c1-2-3-4-5-6/h5H,2-3,6H2,1H3. The summed E-state index contributed by atoms with van der Waals surface area (Å²) in [6, 6.07) is 0. The molecule has 0 aliphatic heterocycles. The van der Waals surface area contributed by atoms with Crippen LogP contribution in [0.1, 0.15) is 19.8 Å². The van der Waals surface area contributed by atoms with Gasteiger partial charge in [-0.1, -0.05) is 13.3 Å². The molecule has 2 N–H and O–H groups in total. The Labute approximate surface area is 38.8 Å². The fourth-order valence-electron chi connectivity index (χ4n) is 0.228. The van der Waals surface area contributed by atoms with Crippen LogP contribution >= 0.6 is 0 Å². The van der Waals surface area contributed by atoms with Gasteiger partial charge in [0.2, 0.25) is 0 Å². The van der Waals surface area contributed by atoms with Gasteiger partial charge in [-0.2, -0.15) is 0 Å². The van der Waals surface area contributed by atoms with Crippen molar-refractivity contribution in [2.24, 2.45) is 5.73 Å². The van der Waals surface area contributed by atoms with E-state index >= 15 is 0 Å². The minimum Gasteiger partial charge on any atom is -0.404 e. The van der Waals surface area contributed by atoms with E-state index in [0.29, 0.717) is 0 Å². The molecule has 0 aromatic carbocycles. The summed E-state index contributed by atoms with van der Waals surface area (Å²) in [6.07, 6.45) is 6.43. The first kappa shape index (κ1) is 5.54. The van der Waals surface area contributed by atoms with Crippen molar-refractivity contribution in [1.29, 1.82) is 0 Å². The van der Waals surface area contributed by atoms with Crippen molar-refractivity contribution in [1.82, 2.24) is 0 Å². The van der Waals surface area contributed by atoms with Crippen molar-refractivity contribution >= 4 is 0 Å². The van der Waals surface area contributed by atoms with Crippen LogP contribution in [0.2, 0.25) is 0 Å². The average molecular weight is 84.1 g/mol. The first-order valence-corrected chi connectivity index (χ1v) is 2.18. The van der Waals surface area contributed by atoms with E-state index in [4.69, 9.17) is 5.73 Å². The average Bonchev–Trinajstić information content (AvgIpc) is 1.61. The number of hydrogen-bond donors (Lipinski definition) is 1. The van der Waals surface area contributed by atoms with Crippen LogP contribution in [0.25, 0.3) is 0 Å². The normalized spacial score (nSPS) is 10.2. The SMILES string of the molecule is CCC[C]=CN. The van der Waals surface area contributed by atoms with Gasteiger partial charge in [0, 0.05) is 0 Å². The molecule has 0 saturated carbocycles. The fraction of sp³-hybridized carbons (Fsp3) is 0.600. The lowest BCUT2D eigenvalue weighted by molar-refractivity contribution is 0.936. The van der Waals surface area contributed by atoms with Crippen LogP contribution in [-0.2, 0) is 0 Å². The highest BCUT2D eigenvalue weighted by atomic mass is 14.5. The third-order valence-corrected chi connectivity index (χ3v) is 0.512. The number of unbranched alkanes of at least 4 members (excludes halogenated alkanes) is 1. The highest BCUT2D eigenvalue weighted by Crippen LogP contribution is 1.82. The first-order chi connectivity index (χ1) is 2.91. The second-order valence-corrected chi connectivity index (χ2v) is 1.12. The molecule has 0 aliphatic carbocycles. The Morgan fingerprint density at radius 3 is 2.67 bits per heavy atom. The lowest BCUT2D eigenvalue weighted by atomic mass is 10.3. The van der Waals surface area contributed by atoms with Crippen molar-refractivity contribution in [2.75, 3.05) is 0 Å². The lowest BCUT2D eigenvalue weighted by Crippen LogP contribution is -1.74. The van der Waals surface area contributed by atoms with Crippen LogP contribution in [-0.4, -0.2) is 0 Å². The van der Waals surface area contributed by atoms with E-state index in [2.05, 4.69) is 13.0 Å². The summed E-state index contributed by atoms with van der Waals surface area (Å²) < 4.78 is 0. The molecule has 1 radical (unpaired) electrons. The zero-order chi connectivity index (χ0) is 4.83. The van der Waals surface area contributed by atoms with Gasteiger partial charge in [0.25, 0.3) is 0 Å². The molecule has 0 heterocycles. The number of nitrogens with two attached hydrogens (primary N) is 1. The molecule has 0 spiro atoms. The van der Waals surface area contributed by atoms with Gasteiger partial charge >= 0.3 is 0 Å². The molecule has 6 heavy (non-hydrogen) atoms. The number of rotatable bonds is 2. The second kappa shape index (κ2) is 4.54. The second-order valence-electron chi connectivity index (χ2n) is 1.12. The maximum Gasteiger partial charge on any atom is -0.00264 e. The van der Waals surface area contributed by atoms with Gasteiger partial charge in [-0.25, -0.2) is 0 Å². The van der Waals surface area contributed by atoms with Gasteiger partial charge in [-0.3, -0.25) is 0 Å². The zero-order valence-electron chi connectivity index (χ0n) is 4.07. The third kappa shape index (κ3) is 3.54. The van der Waals surface area contributed by atoms with E-state index in [1.165, 1.54) is 6.20 Å². The summed E-state index contributed by atoms with van der Waals surface area (Å²) in [5.41, 5.74) is 4.98. The van der Waals surface area contributed by atoms with Crippen molar-refractivity contribution in [2.45, 2.75) is 19.8 Å². The minimum absolute atomic E-state index is 0.983. The van der Waals surface area contributed by atoms with E-state index in [1.807, 2.05) is 0 Å². The molecule has 0 fully saturated rings. The number of hydrogen-bond acceptors (Lipinski definition) is 1. The maximum absolute atomic E-state index is 4.98. The molecule has 0 saturated heterocycles. The van der Waals surface area contributed by atoms with Crippen LogP contribution in [0.5, 0.6) is 0 Å². The molecule has 0 rings (SSSR count). The summed E-state index contributed by atoms with van der Waals surface area (Å²) in [6.45, 7) is 2.09. The predicted octanol–water partition coefficient (Wildman–Crippen LogP) is 1.06. The Hall–Kier alpha value is -0.460. The van der Waals surface area contributed by atoms with Gasteiger partial charge in [-0.15, -0.1) is 0 Å². The summed E-state index contributed by atoms with van der Waals surface area (Å²) in [4.78, 5) is 0. The fourth-order valence-corrected chi connectivity index (χ4v) is 0.228. The first-order valence-electron chi connectivity index (χ1n) is 2.18. The summed E-state index contributed by atoms with van der Waals surface area (Å²) in [5, 5.41) is 0. The monoisotopic (exact) mass is 84.1 g/mol. The molecule has 0 aromatic heterocycles.